The lowest BCUT2D eigenvalue weighted by molar-refractivity contribution is -0.682. The fourth-order valence-electron chi connectivity index (χ4n) is 2.97. The molecule has 0 spiro atoms. The van der Waals surface area contributed by atoms with Crippen molar-refractivity contribution in [3.05, 3.63) is 78.0 Å². The van der Waals surface area contributed by atoms with Crippen LogP contribution in [0.25, 0.3) is 22.4 Å². The third-order valence-corrected chi connectivity index (χ3v) is 4.22. The fourth-order valence-corrected chi connectivity index (χ4v) is 2.97. The molecule has 1 aromatic heterocycles. The first-order chi connectivity index (χ1) is 10.7. The Kier molecular flexibility index (Phi) is 4.06. The summed E-state index contributed by atoms with van der Waals surface area (Å²) in [5.74, 6) is 0. The summed E-state index contributed by atoms with van der Waals surface area (Å²) in [7, 11) is 0. The predicted molar refractivity (Wildman–Crippen MR) is 92.7 cm³/mol. The van der Waals surface area contributed by atoms with Gasteiger partial charge in [-0.05, 0) is 43.5 Å². The second-order valence-electron chi connectivity index (χ2n) is 5.72. The van der Waals surface area contributed by atoms with Crippen LogP contribution >= 0.6 is 0 Å². The van der Waals surface area contributed by atoms with E-state index in [2.05, 4.69) is 92.2 Å². The molecule has 0 fully saturated rings. The molecule has 1 heterocycles. The average molecular weight is 288 g/mol. The SMILES string of the molecule is CC[n+]1cc(-c2ccccc2)c(C)cc1-c1ccccc1C. The van der Waals surface area contributed by atoms with Gasteiger partial charge in [0.15, 0.2) is 6.20 Å². The number of aromatic nitrogens is 1. The van der Waals surface area contributed by atoms with Gasteiger partial charge in [-0.3, -0.25) is 0 Å². The van der Waals surface area contributed by atoms with Crippen LogP contribution in [0.15, 0.2) is 66.9 Å². The van der Waals surface area contributed by atoms with Crippen molar-refractivity contribution in [2.75, 3.05) is 0 Å². The summed E-state index contributed by atoms with van der Waals surface area (Å²) in [5.41, 5.74) is 7.81. The Morgan fingerprint density at radius 1 is 0.773 bits per heavy atom. The van der Waals surface area contributed by atoms with Gasteiger partial charge in [-0.2, -0.15) is 4.57 Å². The lowest BCUT2D eigenvalue weighted by Crippen LogP contribution is -2.35. The lowest BCUT2D eigenvalue weighted by Gasteiger charge is -2.10. The van der Waals surface area contributed by atoms with Crippen molar-refractivity contribution in [2.45, 2.75) is 27.3 Å². The summed E-state index contributed by atoms with van der Waals surface area (Å²) in [4.78, 5) is 0. The number of hydrogen-bond donors (Lipinski definition) is 0. The van der Waals surface area contributed by atoms with Crippen LogP contribution in [0.3, 0.4) is 0 Å². The van der Waals surface area contributed by atoms with Crippen LogP contribution in [-0.4, -0.2) is 0 Å². The van der Waals surface area contributed by atoms with Gasteiger partial charge in [0.25, 0.3) is 0 Å². The molecular weight excluding hydrogens is 266 g/mol. The van der Waals surface area contributed by atoms with E-state index in [-0.39, 0.29) is 0 Å². The summed E-state index contributed by atoms with van der Waals surface area (Å²) >= 11 is 0. The molecule has 0 unspecified atom stereocenters. The minimum Gasteiger partial charge on any atom is -0.198 e. The number of rotatable bonds is 3. The Morgan fingerprint density at radius 3 is 2.14 bits per heavy atom. The summed E-state index contributed by atoms with van der Waals surface area (Å²) < 4.78 is 2.34. The zero-order valence-electron chi connectivity index (χ0n) is 13.5. The molecule has 1 heteroatoms. The van der Waals surface area contributed by atoms with Gasteiger partial charge in [-0.15, -0.1) is 0 Å². The molecule has 0 saturated carbocycles. The molecule has 110 valence electrons. The van der Waals surface area contributed by atoms with E-state index in [4.69, 9.17) is 0 Å². The highest BCUT2D eigenvalue weighted by Gasteiger charge is 2.17. The van der Waals surface area contributed by atoms with E-state index in [0.29, 0.717) is 0 Å². The number of hydrogen-bond acceptors (Lipinski definition) is 0. The van der Waals surface area contributed by atoms with Crippen molar-refractivity contribution in [1.82, 2.24) is 0 Å². The second kappa shape index (κ2) is 6.15. The van der Waals surface area contributed by atoms with Gasteiger partial charge in [0.2, 0.25) is 5.69 Å². The highest BCUT2D eigenvalue weighted by atomic mass is 14.9. The first-order valence-corrected chi connectivity index (χ1v) is 7.86. The predicted octanol–water partition coefficient (Wildman–Crippen LogP) is 4.94. The van der Waals surface area contributed by atoms with Crippen molar-refractivity contribution in [1.29, 1.82) is 0 Å². The Morgan fingerprint density at radius 2 is 1.45 bits per heavy atom. The average Bonchev–Trinajstić information content (AvgIpc) is 2.56. The molecule has 0 N–H and O–H groups in total. The van der Waals surface area contributed by atoms with Gasteiger partial charge in [0, 0.05) is 17.2 Å². The molecule has 0 atom stereocenters. The molecule has 22 heavy (non-hydrogen) atoms. The van der Waals surface area contributed by atoms with E-state index in [1.807, 2.05) is 0 Å². The zero-order valence-corrected chi connectivity index (χ0v) is 13.5. The van der Waals surface area contributed by atoms with Crippen molar-refractivity contribution in [3.63, 3.8) is 0 Å². The normalized spacial score (nSPS) is 10.7. The molecule has 0 radical (unpaired) electrons. The van der Waals surface area contributed by atoms with Crippen molar-refractivity contribution >= 4 is 0 Å². The molecule has 3 rings (SSSR count). The zero-order chi connectivity index (χ0) is 15.5. The molecular formula is C21H22N+. The second-order valence-corrected chi connectivity index (χ2v) is 5.72. The molecule has 1 nitrogen and oxygen atoms in total. The van der Waals surface area contributed by atoms with Crippen molar-refractivity contribution in [2.24, 2.45) is 0 Å². The van der Waals surface area contributed by atoms with E-state index in [9.17, 15) is 0 Å². The molecule has 0 aliphatic rings. The highest BCUT2D eigenvalue weighted by molar-refractivity contribution is 5.69. The standard InChI is InChI=1S/C21H22N/c1-4-22-15-20(18-11-6-5-7-12-18)17(3)14-21(22)19-13-9-8-10-16(19)2/h5-15H,4H2,1-3H3/q+1. The van der Waals surface area contributed by atoms with Crippen molar-refractivity contribution < 1.29 is 4.57 Å². The summed E-state index contributed by atoms with van der Waals surface area (Å²) in [5, 5.41) is 0. The fraction of sp³-hybridized carbons (Fsp3) is 0.190. The van der Waals surface area contributed by atoms with Crippen LogP contribution in [-0.2, 0) is 6.54 Å². The van der Waals surface area contributed by atoms with Crippen LogP contribution in [0.2, 0.25) is 0 Å². The maximum Gasteiger partial charge on any atom is 0.213 e. The third-order valence-electron chi connectivity index (χ3n) is 4.22. The molecule has 0 bridgehead atoms. The van der Waals surface area contributed by atoms with Crippen LogP contribution < -0.4 is 4.57 Å². The Bertz CT molecular complexity index is 788. The minimum absolute atomic E-state index is 0.962. The summed E-state index contributed by atoms with van der Waals surface area (Å²) in [6.07, 6.45) is 2.28. The summed E-state index contributed by atoms with van der Waals surface area (Å²) in [6.45, 7) is 7.54. The minimum atomic E-state index is 0.962. The summed E-state index contributed by atoms with van der Waals surface area (Å²) in [6, 6.07) is 21.5. The Balaban J connectivity index is 2.19. The van der Waals surface area contributed by atoms with Gasteiger partial charge in [0.1, 0.15) is 6.54 Å². The number of aryl methyl sites for hydroxylation is 3. The highest BCUT2D eigenvalue weighted by Crippen LogP contribution is 2.27. The first kappa shape index (κ1) is 14.5. The third kappa shape index (κ3) is 2.67. The molecule has 0 saturated heterocycles. The smallest absolute Gasteiger partial charge is 0.198 e. The monoisotopic (exact) mass is 288 g/mol. The Labute approximate surface area is 132 Å². The van der Waals surface area contributed by atoms with Gasteiger partial charge >= 0.3 is 0 Å². The number of pyridine rings is 1. The number of benzene rings is 2. The Hall–Kier alpha value is -2.41. The van der Waals surface area contributed by atoms with E-state index in [1.54, 1.807) is 0 Å². The van der Waals surface area contributed by atoms with Crippen LogP contribution in [0.4, 0.5) is 0 Å². The number of nitrogens with zero attached hydrogens (tertiary/aromatic N) is 1. The van der Waals surface area contributed by atoms with Gasteiger partial charge < -0.3 is 0 Å². The van der Waals surface area contributed by atoms with Crippen LogP contribution in [0, 0.1) is 13.8 Å². The largest absolute Gasteiger partial charge is 0.213 e. The quantitative estimate of drug-likeness (QED) is 0.601. The molecule has 2 aromatic carbocycles. The molecule has 0 amide bonds. The van der Waals surface area contributed by atoms with Crippen molar-refractivity contribution in [3.8, 4) is 22.4 Å². The van der Waals surface area contributed by atoms with E-state index < -0.39 is 0 Å². The topological polar surface area (TPSA) is 3.88 Å². The van der Waals surface area contributed by atoms with E-state index in [0.717, 1.165) is 6.54 Å². The molecule has 0 aliphatic heterocycles. The van der Waals surface area contributed by atoms with Gasteiger partial charge in [0.05, 0.1) is 0 Å². The first-order valence-electron chi connectivity index (χ1n) is 7.86. The van der Waals surface area contributed by atoms with Gasteiger partial charge in [-0.1, -0.05) is 48.5 Å². The van der Waals surface area contributed by atoms with Gasteiger partial charge in [-0.25, -0.2) is 0 Å². The molecule has 3 aromatic rings. The van der Waals surface area contributed by atoms with Crippen LogP contribution in [0.5, 0.6) is 0 Å². The molecule has 0 aliphatic carbocycles. The maximum absolute atomic E-state index is 2.34. The lowest BCUT2D eigenvalue weighted by atomic mass is 9.98. The maximum atomic E-state index is 2.34. The van der Waals surface area contributed by atoms with E-state index in [1.165, 1.54) is 33.5 Å². The van der Waals surface area contributed by atoms with Crippen LogP contribution in [0.1, 0.15) is 18.1 Å². The van der Waals surface area contributed by atoms with E-state index >= 15 is 0 Å².